The van der Waals surface area contributed by atoms with Gasteiger partial charge in [0.15, 0.2) is 4.77 Å². The van der Waals surface area contributed by atoms with Crippen LogP contribution in [0.3, 0.4) is 0 Å². The Morgan fingerprint density at radius 3 is 2.62 bits per heavy atom. The number of benzene rings is 1. The summed E-state index contributed by atoms with van der Waals surface area (Å²) in [6, 6.07) is 3.76. The van der Waals surface area contributed by atoms with Crippen LogP contribution < -0.4 is 0 Å². The van der Waals surface area contributed by atoms with Crippen molar-refractivity contribution < 1.29 is 13.2 Å². The smallest absolute Gasteiger partial charge is 0.331 e. The Bertz CT molecular complexity index is 720. The highest BCUT2D eigenvalue weighted by Gasteiger charge is 2.37. The second kappa shape index (κ2) is 5.05. The van der Waals surface area contributed by atoms with E-state index in [0.29, 0.717) is 10.3 Å². The zero-order valence-electron chi connectivity index (χ0n) is 11.5. The SMILES string of the molecule is CSC1(Cn2c(=S)[nH]c3cc(C(F)(F)F)ccc32)CCC1. The van der Waals surface area contributed by atoms with Gasteiger partial charge in [-0.05, 0) is 49.5 Å². The molecule has 21 heavy (non-hydrogen) atoms. The van der Waals surface area contributed by atoms with Crippen LogP contribution >= 0.6 is 24.0 Å². The van der Waals surface area contributed by atoms with Gasteiger partial charge in [-0.25, -0.2) is 0 Å². The third kappa shape index (κ3) is 2.61. The molecule has 1 aromatic heterocycles. The van der Waals surface area contributed by atoms with E-state index in [1.54, 1.807) is 0 Å². The number of nitrogens with one attached hydrogen (secondary N) is 1. The largest absolute Gasteiger partial charge is 0.416 e. The summed E-state index contributed by atoms with van der Waals surface area (Å²) in [7, 11) is 0. The number of H-pyrrole nitrogens is 1. The number of nitrogens with zero attached hydrogens (tertiary/aromatic N) is 1. The average Bonchev–Trinajstić information content (AvgIpc) is 2.67. The summed E-state index contributed by atoms with van der Waals surface area (Å²) >= 11 is 7.12. The van der Waals surface area contributed by atoms with E-state index in [9.17, 15) is 13.2 Å². The predicted octanol–water partition coefficient (Wildman–Crippen LogP) is 5.00. The van der Waals surface area contributed by atoms with Crippen molar-refractivity contribution in [1.29, 1.82) is 0 Å². The topological polar surface area (TPSA) is 20.7 Å². The second-order valence-electron chi connectivity index (χ2n) is 5.49. The minimum atomic E-state index is -4.33. The lowest BCUT2D eigenvalue weighted by atomic mass is 9.84. The van der Waals surface area contributed by atoms with Gasteiger partial charge in [-0.2, -0.15) is 24.9 Å². The molecule has 0 unspecified atom stereocenters. The monoisotopic (exact) mass is 332 g/mol. The second-order valence-corrected chi connectivity index (χ2v) is 7.15. The van der Waals surface area contributed by atoms with Crippen molar-refractivity contribution in [2.45, 2.75) is 36.7 Å². The van der Waals surface area contributed by atoms with Gasteiger partial charge in [-0.1, -0.05) is 6.42 Å². The third-order valence-corrected chi connectivity index (χ3v) is 5.97. The zero-order chi connectivity index (χ0) is 15.3. The highest BCUT2D eigenvalue weighted by Crippen LogP contribution is 2.44. The van der Waals surface area contributed by atoms with Gasteiger partial charge in [0.25, 0.3) is 0 Å². The van der Waals surface area contributed by atoms with Crippen LogP contribution in [0.1, 0.15) is 24.8 Å². The molecule has 1 N–H and O–H groups in total. The average molecular weight is 332 g/mol. The van der Waals surface area contributed by atoms with E-state index in [1.165, 1.54) is 12.5 Å². The van der Waals surface area contributed by atoms with Crippen molar-refractivity contribution in [3.05, 3.63) is 28.5 Å². The molecule has 1 saturated carbocycles. The van der Waals surface area contributed by atoms with E-state index in [2.05, 4.69) is 11.2 Å². The number of thioether (sulfide) groups is 1. The first-order valence-corrected chi connectivity index (χ1v) is 8.33. The van der Waals surface area contributed by atoms with Crippen LogP contribution in [0.4, 0.5) is 13.2 Å². The van der Waals surface area contributed by atoms with Gasteiger partial charge in [-0.15, -0.1) is 0 Å². The molecule has 0 aliphatic heterocycles. The van der Waals surface area contributed by atoms with Gasteiger partial charge < -0.3 is 9.55 Å². The molecule has 3 rings (SSSR count). The first-order valence-electron chi connectivity index (χ1n) is 6.70. The number of hydrogen-bond donors (Lipinski definition) is 1. The number of aromatic amines is 1. The van der Waals surface area contributed by atoms with Gasteiger partial charge in [-0.3, -0.25) is 0 Å². The lowest BCUT2D eigenvalue weighted by molar-refractivity contribution is -0.137. The van der Waals surface area contributed by atoms with Crippen LogP contribution in [0.15, 0.2) is 18.2 Å². The summed E-state index contributed by atoms with van der Waals surface area (Å²) < 4.78 is 40.9. The molecule has 0 spiro atoms. The number of alkyl halides is 3. The molecule has 0 atom stereocenters. The standard InChI is InChI=1S/C14H15F3N2S2/c1-21-13(5-2-6-13)8-19-11-4-3-9(14(15,16)17)7-10(11)18-12(19)20/h3-4,7H,2,5-6,8H2,1H3,(H,18,20). The highest BCUT2D eigenvalue weighted by molar-refractivity contribution is 8.00. The molecule has 2 nitrogen and oxygen atoms in total. The van der Waals surface area contributed by atoms with E-state index in [1.807, 2.05) is 16.3 Å². The van der Waals surface area contributed by atoms with E-state index in [4.69, 9.17) is 12.2 Å². The van der Waals surface area contributed by atoms with E-state index in [-0.39, 0.29) is 4.75 Å². The van der Waals surface area contributed by atoms with Crippen LogP contribution in [0.5, 0.6) is 0 Å². The van der Waals surface area contributed by atoms with Crippen LogP contribution in [-0.2, 0) is 12.7 Å². The molecule has 1 aliphatic rings. The molecule has 7 heteroatoms. The minimum absolute atomic E-state index is 0.177. The molecule has 1 aliphatic carbocycles. The Balaban J connectivity index is 2.04. The zero-order valence-corrected chi connectivity index (χ0v) is 13.1. The first-order chi connectivity index (χ1) is 9.85. The molecule has 1 heterocycles. The molecular formula is C14H15F3N2S2. The van der Waals surface area contributed by atoms with E-state index < -0.39 is 11.7 Å². The normalized spacial score (nSPS) is 17.9. The van der Waals surface area contributed by atoms with Gasteiger partial charge in [0.05, 0.1) is 16.6 Å². The molecule has 0 saturated heterocycles. The summed E-state index contributed by atoms with van der Waals surface area (Å²) in [5.41, 5.74) is 0.542. The Morgan fingerprint density at radius 2 is 2.10 bits per heavy atom. The van der Waals surface area contributed by atoms with E-state index in [0.717, 1.165) is 37.0 Å². The number of aromatic nitrogens is 2. The molecule has 2 aromatic rings. The van der Waals surface area contributed by atoms with Crippen molar-refractivity contribution >= 4 is 35.0 Å². The summed E-state index contributed by atoms with van der Waals surface area (Å²) in [5, 5.41) is 0. The Hall–Kier alpha value is -0.950. The molecule has 1 aromatic carbocycles. The summed E-state index contributed by atoms with van der Waals surface area (Å²) in [6.07, 6.45) is 1.21. The lowest BCUT2D eigenvalue weighted by Crippen LogP contribution is -2.37. The fourth-order valence-corrected chi connectivity index (χ4v) is 4.01. The molecule has 0 bridgehead atoms. The van der Waals surface area contributed by atoms with Crippen LogP contribution in [0, 0.1) is 4.77 Å². The summed E-state index contributed by atoms with van der Waals surface area (Å²) in [4.78, 5) is 2.90. The maximum atomic E-state index is 12.8. The van der Waals surface area contributed by atoms with Gasteiger partial charge in [0.1, 0.15) is 0 Å². The number of halogens is 3. The number of imidazole rings is 1. The Kier molecular flexibility index (Phi) is 3.60. The summed E-state index contributed by atoms with van der Waals surface area (Å²) in [5.74, 6) is 0. The minimum Gasteiger partial charge on any atom is -0.331 e. The van der Waals surface area contributed by atoms with Crippen molar-refractivity contribution in [3.63, 3.8) is 0 Å². The van der Waals surface area contributed by atoms with E-state index >= 15 is 0 Å². The van der Waals surface area contributed by atoms with Crippen LogP contribution in [-0.4, -0.2) is 20.6 Å². The molecular weight excluding hydrogens is 317 g/mol. The molecule has 1 fully saturated rings. The van der Waals surface area contributed by atoms with Crippen LogP contribution in [0.2, 0.25) is 0 Å². The molecule has 0 radical (unpaired) electrons. The predicted molar refractivity (Wildman–Crippen MR) is 82.2 cm³/mol. The molecule has 114 valence electrons. The summed E-state index contributed by atoms with van der Waals surface area (Å²) in [6.45, 7) is 0.748. The first kappa shape index (κ1) is 15.0. The fourth-order valence-electron chi connectivity index (χ4n) is 2.78. The van der Waals surface area contributed by atoms with Crippen molar-refractivity contribution in [2.24, 2.45) is 0 Å². The lowest BCUT2D eigenvalue weighted by Gasteiger charge is -2.40. The number of fused-ring (bicyclic) bond motifs is 1. The highest BCUT2D eigenvalue weighted by atomic mass is 32.2. The van der Waals surface area contributed by atoms with Crippen molar-refractivity contribution in [3.8, 4) is 0 Å². The third-order valence-electron chi connectivity index (χ3n) is 4.25. The number of hydrogen-bond acceptors (Lipinski definition) is 2. The quantitative estimate of drug-likeness (QED) is 0.798. The Labute approximate surface area is 129 Å². The maximum absolute atomic E-state index is 12.8. The van der Waals surface area contributed by atoms with Gasteiger partial charge in [0.2, 0.25) is 0 Å². The van der Waals surface area contributed by atoms with Crippen molar-refractivity contribution in [2.75, 3.05) is 6.26 Å². The fraction of sp³-hybridized carbons (Fsp3) is 0.500. The maximum Gasteiger partial charge on any atom is 0.416 e. The molecule has 0 amide bonds. The van der Waals surface area contributed by atoms with Gasteiger partial charge in [0, 0.05) is 11.3 Å². The number of rotatable bonds is 3. The Morgan fingerprint density at radius 1 is 1.38 bits per heavy atom. The van der Waals surface area contributed by atoms with Gasteiger partial charge >= 0.3 is 6.18 Å². The van der Waals surface area contributed by atoms with Crippen molar-refractivity contribution in [1.82, 2.24) is 9.55 Å². The van der Waals surface area contributed by atoms with Crippen LogP contribution in [0.25, 0.3) is 11.0 Å².